The van der Waals surface area contributed by atoms with Gasteiger partial charge in [0.2, 0.25) is 5.95 Å². The standard InChI is InChI=1S/C21H27F3N6O/c22-21(23,24)18-8-9-25-20(27-18)26-14-16-6-3-4-10-29(16)11-12-30-19(31)13-15-5-1-2-7-17(15)28-30/h8-9,13,16H,1-7,10-12,14H2,(H,25,26,27). The third-order valence-corrected chi connectivity index (χ3v) is 6.06. The van der Waals surface area contributed by atoms with Gasteiger partial charge in [0.15, 0.2) is 0 Å². The molecule has 0 radical (unpaired) electrons. The molecule has 0 amide bonds. The van der Waals surface area contributed by atoms with Crippen LogP contribution in [0.3, 0.4) is 0 Å². The topological polar surface area (TPSA) is 75.9 Å². The highest BCUT2D eigenvalue weighted by Crippen LogP contribution is 2.27. The maximum atomic E-state index is 12.9. The molecule has 10 heteroatoms. The van der Waals surface area contributed by atoms with Crippen molar-refractivity contribution in [2.75, 3.05) is 25.0 Å². The largest absolute Gasteiger partial charge is 0.433 e. The number of nitrogens with one attached hydrogen (secondary N) is 1. The van der Waals surface area contributed by atoms with Gasteiger partial charge < -0.3 is 5.32 Å². The zero-order chi connectivity index (χ0) is 21.8. The SMILES string of the molecule is O=c1cc2c(nn1CCN1CCCCC1CNc1nccc(C(F)(F)F)n1)CCCC2. The minimum absolute atomic E-state index is 0.0204. The monoisotopic (exact) mass is 436 g/mol. The molecule has 2 aromatic rings. The molecule has 7 nitrogen and oxygen atoms in total. The maximum absolute atomic E-state index is 12.9. The number of aromatic nitrogens is 4. The number of anilines is 1. The summed E-state index contributed by atoms with van der Waals surface area (Å²) < 4.78 is 40.1. The Hall–Kier alpha value is -2.49. The highest BCUT2D eigenvalue weighted by Gasteiger charge is 2.33. The summed E-state index contributed by atoms with van der Waals surface area (Å²) in [6.07, 6.45) is 3.73. The van der Waals surface area contributed by atoms with Crippen molar-refractivity contribution >= 4 is 5.95 Å². The van der Waals surface area contributed by atoms with Crippen molar-refractivity contribution in [2.24, 2.45) is 0 Å². The third-order valence-electron chi connectivity index (χ3n) is 6.06. The normalized spacial score (nSPS) is 19.8. The van der Waals surface area contributed by atoms with Crippen molar-refractivity contribution in [3.63, 3.8) is 0 Å². The molecule has 1 fully saturated rings. The second kappa shape index (κ2) is 9.33. The Morgan fingerprint density at radius 2 is 1.97 bits per heavy atom. The van der Waals surface area contributed by atoms with Gasteiger partial charge in [0, 0.05) is 31.4 Å². The summed E-state index contributed by atoms with van der Waals surface area (Å²) >= 11 is 0. The average Bonchev–Trinajstić information content (AvgIpc) is 2.76. The summed E-state index contributed by atoms with van der Waals surface area (Å²) in [5.74, 6) is -0.0204. The lowest BCUT2D eigenvalue weighted by molar-refractivity contribution is -0.141. The lowest BCUT2D eigenvalue weighted by atomic mass is 9.97. The number of aryl methyl sites for hydroxylation is 2. The van der Waals surface area contributed by atoms with E-state index in [1.807, 2.05) is 0 Å². The number of fused-ring (bicyclic) bond motifs is 1. The minimum Gasteiger partial charge on any atom is -0.353 e. The van der Waals surface area contributed by atoms with Crippen molar-refractivity contribution in [1.82, 2.24) is 24.6 Å². The molecule has 1 N–H and O–H groups in total. The lowest BCUT2D eigenvalue weighted by Crippen LogP contribution is -2.46. The summed E-state index contributed by atoms with van der Waals surface area (Å²) in [4.78, 5) is 22.2. The van der Waals surface area contributed by atoms with Crippen LogP contribution < -0.4 is 10.9 Å². The molecule has 1 aliphatic carbocycles. The highest BCUT2D eigenvalue weighted by molar-refractivity contribution is 5.26. The Balaban J connectivity index is 1.38. The number of hydrogen-bond donors (Lipinski definition) is 1. The van der Waals surface area contributed by atoms with Gasteiger partial charge in [0.25, 0.3) is 5.56 Å². The van der Waals surface area contributed by atoms with Crippen LogP contribution in [0.25, 0.3) is 0 Å². The number of alkyl halides is 3. The first kappa shape index (κ1) is 21.7. The van der Waals surface area contributed by atoms with E-state index < -0.39 is 11.9 Å². The van der Waals surface area contributed by atoms with Crippen LogP contribution in [0.2, 0.25) is 0 Å². The molecule has 2 aromatic heterocycles. The van der Waals surface area contributed by atoms with Gasteiger partial charge in [-0.25, -0.2) is 14.6 Å². The fourth-order valence-electron chi connectivity index (χ4n) is 4.38. The van der Waals surface area contributed by atoms with Crippen LogP contribution in [0, 0.1) is 0 Å². The zero-order valence-electron chi connectivity index (χ0n) is 17.4. The second-order valence-electron chi connectivity index (χ2n) is 8.21. The lowest BCUT2D eigenvalue weighted by Gasteiger charge is -2.35. The first-order valence-corrected chi connectivity index (χ1v) is 10.9. The number of nitrogens with zero attached hydrogens (tertiary/aromatic N) is 5. The molecular weight excluding hydrogens is 409 g/mol. The Labute approximate surface area is 178 Å². The van der Waals surface area contributed by atoms with Gasteiger partial charge in [0.1, 0.15) is 5.69 Å². The third kappa shape index (κ3) is 5.41. The average molecular weight is 436 g/mol. The molecule has 0 aromatic carbocycles. The van der Waals surface area contributed by atoms with Crippen molar-refractivity contribution in [3.8, 4) is 0 Å². The van der Waals surface area contributed by atoms with E-state index in [9.17, 15) is 18.0 Å². The first-order chi connectivity index (χ1) is 14.9. The molecule has 3 heterocycles. The van der Waals surface area contributed by atoms with Gasteiger partial charge in [-0.05, 0) is 56.7 Å². The van der Waals surface area contributed by atoms with Crippen molar-refractivity contribution < 1.29 is 13.2 Å². The van der Waals surface area contributed by atoms with Gasteiger partial charge in [-0.3, -0.25) is 9.69 Å². The molecule has 0 saturated carbocycles. The van der Waals surface area contributed by atoms with Crippen LogP contribution >= 0.6 is 0 Å². The summed E-state index contributed by atoms with van der Waals surface area (Å²) in [6.45, 7) is 2.51. The fraction of sp³-hybridized carbons (Fsp3) is 0.619. The van der Waals surface area contributed by atoms with E-state index in [0.717, 1.165) is 75.0 Å². The predicted octanol–water partition coefficient (Wildman–Crippen LogP) is 2.90. The Bertz CT molecular complexity index is 961. The Morgan fingerprint density at radius 3 is 2.81 bits per heavy atom. The van der Waals surface area contributed by atoms with Crippen LogP contribution in [-0.2, 0) is 25.6 Å². The van der Waals surface area contributed by atoms with Gasteiger partial charge in [-0.15, -0.1) is 0 Å². The Kier molecular flexibility index (Phi) is 6.54. The molecule has 0 bridgehead atoms. The van der Waals surface area contributed by atoms with E-state index in [2.05, 4.69) is 25.3 Å². The van der Waals surface area contributed by atoms with E-state index >= 15 is 0 Å². The summed E-state index contributed by atoms with van der Waals surface area (Å²) in [7, 11) is 0. The van der Waals surface area contributed by atoms with E-state index in [1.165, 1.54) is 0 Å². The van der Waals surface area contributed by atoms with Crippen LogP contribution in [0.1, 0.15) is 49.1 Å². The highest BCUT2D eigenvalue weighted by atomic mass is 19.4. The van der Waals surface area contributed by atoms with Crippen LogP contribution in [0.5, 0.6) is 0 Å². The molecule has 0 spiro atoms. The number of piperidine rings is 1. The van der Waals surface area contributed by atoms with Crippen LogP contribution in [0.15, 0.2) is 23.1 Å². The number of likely N-dealkylation sites (tertiary alicyclic amines) is 1. The summed E-state index contributed by atoms with van der Waals surface area (Å²) in [5.41, 5.74) is 1.09. The van der Waals surface area contributed by atoms with E-state index in [1.54, 1.807) is 10.7 Å². The molecular formula is C21H27F3N6O. The second-order valence-corrected chi connectivity index (χ2v) is 8.21. The number of hydrogen-bond acceptors (Lipinski definition) is 6. The quantitative estimate of drug-likeness (QED) is 0.751. The van der Waals surface area contributed by atoms with Crippen molar-refractivity contribution in [2.45, 2.75) is 63.7 Å². The molecule has 1 aliphatic heterocycles. The molecule has 4 rings (SSSR count). The predicted molar refractivity (Wildman–Crippen MR) is 110 cm³/mol. The van der Waals surface area contributed by atoms with Gasteiger partial charge in [-0.2, -0.15) is 18.3 Å². The van der Waals surface area contributed by atoms with E-state index in [4.69, 9.17) is 0 Å². The molecule has 1 unspecified atom stereocenters. The first-order valence-electron chi connectivity index (χ1n) is 10.9. The molecule has 168 valence electrons. The zero-order valence-corrected chi connectivity index (χ0v) is 17.4. The summed E-state index contributed by atoms with van der Waals surface area (Å²) in [5, 5.41) is 7.54. The number of halogens is 3. The van der Waals surface area contributed by atoms with Gasteiger partial charge in [0.05, 0.1) is 12.2 Å². The van der Waals surface area contributed by atoms with Gasteiger partial charge >= 0.3 is 6.18 Å². The van der Waals surface area contributed by atoms with Crippen molar-refractivity contribution in [3.05, 3.63) is 45.6 Å². The fourth-order valence-corrected chi connectivity index (χ4v) is 4.38. The number of rotatable bonds is 6. The summed E-state index contributed by atoms with van der Waals surface area (Å²) in [6, 6.07) is 2.73. The molecule has 2 aliphatic rings. The molecule has 31 heavy (non-hydrogen) atoms. The smallest absolute Gasteiger partial charge is 0.353 e. The van der Waals surface area contributed by atoms with Crippen molar-refractivity contribution in [1.29, 1.82) is 0 Å². The molecule has 1 saturated heterocycles. The van der Waals surface area contributed by atoms with Crippen LogP contribution in [0.4, 0.5) is 19.1 Å². The van der Waals surface area contributed by atoms with E-state index in [-0.39, 0.29) is 17.5 Å². The maximum Gasteiger partial charge on any atom is 0.433 e. The van der Waals surface area contributed by atoms with Crippen LogP contribution in [-0.4, -0.2) is 50.3 Å². The Morgan fingerprint density at radius 1 is 1.13 bits per heavy atom. The molecule has 1 atom stereocenters. The van der Waals surface area contributed by atoms with E-state index in [0.29, 0.717) is 19.6 Å². The van der Waals surface area contributed by atoms with Gasteiger partial charge in [-0.1, -0.05) is 6.42 Å². The minimum atomic E-state index is -4.49.